The number of carbonyl (C=O) groups excluding carboxylic acids is 1. The molecule has 0 atom stereocenters. The van der Waals surface area contributed by atoms with Crippen molar-refractivity contribution in [3.63, 3.8) is 0 Å². The van der Waals surface area contributed by atoms with E-state index in [0.717, 1.165) is 16.9 Å². The van der Waals surface area contributed by atoms with Crippen LogP contribution in [0.1, 0.15) is 17.5 Å². The van der Waals surface area contributed by atoms with Crippen molar-refractivity contribution in [1.29, 1.82) is 0 Å². The molecule has 1 amide bonds. The number of hydrogen-bond acceptors (Lipinski definition) is 4. The molecule has 0 aliphatic rings. The number of aryl methyl sites for hydroxylation is 2. The number of anilines is 1. The zero-order valence-corrected chi connectivity index (χ0v) is 15.6. The Morgan fingerprint density at radius 2 is 1.76 bits per heavy atom. The minimum Gasteiger partial charge on any atom is -0.495 e. The zero-order valence-electron chi connectivity index (χ0n) is 14.8. The van der Waals surface area contributed by atoms with Gasteiger partial charge in [0.25, 0.3) is 0 Å². The topological polar surface area (TPSA) is 56.8 Å². The summed E-state index contributed by atoms with van der Waals surface area (Å²) in [6.45, 7) is 4.25. The Bertz CT molecular complexity index is 761. The zero-order chi connectivity index (χ0) is 18.4. The standard InChI is InChI=1S/C19H22ClNO4/c1-12-5-6-13(2)16(9-12)25-8-7-19(22)21-15-10-14(20)17(23-3)11-18(15)24-4/h5-6,9-11H,7-8H2,1-4H3,(H,21,22). The highest BCUT2D eigenvalue weighted by atomic mass is 35.5. The van der Waals surface area contributed by atoms with Gasteiger partial charge in [0.05, 0.1) is 38.0 Å². The first-order chi connectivity index (χ1) is 11.9. The number of benzene rings is 2. The first kappa shape index (κ1) is 18.9. The van der Waals surface area contributed by atoms with E-state index < -0.39 is 0 Å². The lowest BCUT2D eigenvalue weighted by Gasteiger charge is -2.13. The van der Waals surface area contributed by atoms with Gasteiger partial charge in [0, 0.05) is 6.07 Å². The summed E-state index contributed by atoms with van der Waals surface area (Å²) in [7, 11) is 3.03. The van der Waals surface area contributed by atoms with E-state index in [2.05, 4.69) is 5.32 Å². The lowest BCUT2D eigenvalue weighted by atomic mass is 10.1. The second kappa shape index (κ2) is 8.62. The second-order valence-electron chi connectivity index (χ2n) is 5.60. The Morgan fingerprint density at radius 3 is 2.44 bits per heavy atom. The fourth-order valence-electron chi connectivity index (χ4n) is 2.29. The number of nitrogens with one attached hydrogen (secondary N) is 1. The van der Waals surface area contributed by atoms with Gasteiger partial charge in [-0.2, -0.15) is 0 Å². The number of halogens is 1. The average Bonchev–Trinajstić information content (AvgIpc) is 2.58. The molecule has 0 bridgehead atoms. The van der Waals surface area contributed by atoms with Crippen LogP contribution in [0.4, 0.5) is 5.69 Å². The fourth-order valence-corrected chi connectivity index (χ4v) is 2.53. The Kier molecular flexibility index (Phi) is 6.53. The van der Waals surface area contributed by atoms with Crippen LogP contribution in [0, 0.1) is 13.8 Å². The third-order valence-electron chi connectivity index (χ3n) is 3.68. The van der Waals surface area contributed by atoms with Gasteiger partial charge < -0.3 is 19.5 Å². The molecule has 134 valence electrons. The molecule has 6 heteroatoms. The van der Waals surface area contributed by atoms with E-state index >= 15 is 0 Å². The number of amides is 1. The Morgan fingerprint density at radius 1 is 1.04 bits per heavy atom. The molecule has 0 radical (unpaired) electrons. The molecule has 0 saturated heterocycles. The van der Waals surface area contributed by atoms with E-state index in [0.29, 0.717) is 22.2 Å². The van der Waals surface area contributed by atoms with Crippen molar-refractivity contribution in [2.24, 2.45) is 0 Å². The fraction of sp³-hybridized carbons (Fsp3) is 0.316. The quantitative estimate of drug-likeness (QED) is 0.793. The minimum absolute atomic E-state index is 0.190. The predicted molar refractivity (Wildman–Crippen MR) is 99.2 cm³/mol. The molecular formula is C19H22ClNO4. The molecule has 0 heterocycles. The van der Waals surface area contributed by atoms with Crippen molar-refractivity contribution >= 4 is 23.2 Å². The van der Waals surface area contributed by atoms with Crippen molar-refractivity contribution in [3.8, 4) is 17.2 Å². The smallest absolute Gasteiger partial charge is 0.227 e. The van der Waals surface area contributed by atoms with E-state index in [9.17, 15) is 4.79 Å². The molecule has 0 aromatic heterocycles. The third kappa shape index (κ3) is 5.03. The number of methoxy groups -OCH3 is 2. The Labute approximate surface area is 152 Å². The summed E-state index contributed by atoms with van der Waals surface area (Å²) in [6.07, 6.45) is 0.209. The van der Waals surface area contributed by atoms with Crippen LogP contribution in [-0.2, 0) is 4.79 Å². The van der Waals surface area contributed by atoms with E-state index in [1.807, 2.05) is 32.0 Å². The largest absolute Gasteiger partial charge is 0.495 e. The summed E-state index contributed by atoms with van der Waals surface area (Å²) in [4.78, 5) is 12.2. The van der Waals surface area contributed by atoms with E-state index in [1.165, 1.54) is 14.2 Å². The monoisotopic (exact) mass is 363 g/mol. The van der Waals surface area contributed by atoms with Gasteiger partial charge in [-0.25, -0.2) is 0 Å². The predicted octanol–water partition coefficient (Wildman–Crippen LogP) is 4.38. The van der Waals surface area contributed by atoms with Crippen LogP contribution in [0.2, 0.25) is 5.02 Å². The summed E-state index contributed by atoms with van der Waals surface area (Å²) in [5.41, 5.74) is 2.64. The normalized spacial score (nSPS) is 10.3. The average molecular weight is 364 g/mol. The van der Waals surface area contributed by atoms with E-state index in [-0.39, 0.29) is 18.9 Å². The van der Waals surface area contributed by atoms with Gasteiger partial charge in [0.15, 0.2) is 0 Å². The first-order valence-corrected chi connectivity index (χ1v) is 8.23. The number of rotatable bonds is 7. The molecule has 0 spiro atoms. The van der Waals surface area contributed by atoms with Gasteiger partial charge in [-0.15, -0.1) is 0 Å². The highest BCUT2D eigenvalue weighted by Gasteiger charge is 2.13. The maximum atomic E-state index is 12.2. The molecule has 0 unspecified atom stereocenters. The van der Waals surface area contributed by atoms with Crippen molar-refractivity contribution < 1.29 is 19.0 Å². The molecule has 1 N–H and O–H groups in total. The minimum atomic E-state index is -0.190. The summed E-state index contributed by atoms with van der Waals surface area (Å²) in [6, 6.07) is 9.20. The van der Waals surface area contributed by atoms with Crippen LogP contribution >= 0.6 is 11.6 Å². The van der Waals surface area contributed by atoms with Crippen molar-refractivity contribution in [1.82, 2.24) is 0 Å². The Hall–Kier alpha value is -2.40. The van der Waals surface area contributed by atoms with Crippen LogP contribution in [0.25, 0.3) is 0 Å². The van der Waals surface area contributed by atoms with Gasteiger partial charge >= 0.3 is 0 Å². The Balaban J connectivity index is 1.96. The number of hydrogen-bond donors (Lipinski definition) is 1. The molecule has 0 fully saturated rings. The molecule has 2 aromatic carbocycles. The van der Waals surface area contributed by atoms with Crippen molar-refractivity contribution in [2.75, 3.05) is 26.1 Å². The summed E-state index contributed by atoms with van der Waals surface area (Å²) < 4.78 is 16.1. The van der Waals surface area contributed by atoms with Gasteiger partial charge in [-0.1, -0.05) is 23.7 Å². The van der Waals surface area contributed by atoms with Crippen molar-refractivity contribution in [2.45, 2.75) is 20.3 Å². The molecular weight excluding hydrogens is 342 g/mol. The molecule has 0 saturated carbocycles. The maximum Gasteiger partial charge on any atom is 0.227 e. The van der Waals surface area contributed by atoms with Crippen LogP contribution < -0.4 is 19.5 Å². The van der Waals surface area contributed by atoms with Gasteiger partial charge in [0.2, 0.25) is 5.91 Å². The van der Waals surface area contributed by atoms with Crippen LogP contribution in [-0.4, -0.2) is 26.7 Å². The molecule has 0 aliphatic carbocycles. The summed E-state index contributed by atoms with van der Waals surface area (Å²) in [5.74, 6) is 1.56. The molecule has 2 rings (SSSR count). The van der Waals surface area contributed by atoms with Gasteiger partial charge in [0.1, 0.15) is 17.2 Å². The summed E-state index contributed by atoms with van der Waals surface area (Å²) in [5, 5.41) is 3.18. The van der Waals surface area contributed by atoms with E-state index in [1.54, 1.807) is 12.1 Å². The van der Waals surface area contributed by atoms with E-state index in [4.69, 9.17) is 25.8 Å². The molecule has 5 nitrogen and oxygen atoms in total. The molecule has 2 aromatic rings. The number of ether oxygens (including phenoxy) is 3. The van der Waals surface area contributed by atoms with Gasteiger partial charge in [-0.05, 0) is 37.1 Å². The summed E-state index contributed by atoms with van der Waals surface area (Å²) >= 11 is 6.10. The maximum absolute atomic E-state index is 12.2. The highest BCUT2D eigenvalue weighted by molar-refractivity contribution is 6.32. The second-order valence-corrected chi connectivity index (χ2v) is 6.01. The lowest BCUT2D eigenvalue weighted by molar-refractivity contribution is -0.116. The molecule has 0 aliphatic heterocycles. The lowest BCUT2D eigenvalue weighted by Crippen LogP contribution is -2.16. The SMILES string of the molecule is COc1cc(OC)c(NC(=O)CCOc2cc(C)ccc2C)cc1Cl. The number of carbonyl (C=O) groups is 1. The van der Waals surface area contributed by atoms with Crippen LogP contribution in [0.5, 0.6) is 17.2 Å². The van der Waals surface area contributed by atoms with Crippen LogP contribution in [0.3, 0.4) is 0 Å². The third-order valence-corrected chi connectivity index (χ3v) is 3.97. The highest BCUT2D eigenvalue weighted by Crippen LogP contribution is 2.35. The van der Waals surface area contributed by atoms with Gasteiger partial charge in [-0.3, -0.25) is 4.79 Å². The van der Waals surface area contributed by atoms with Crippen molar-refractivity contribution in [3.05, 3.63) is 46.5 Å². The molecule has 25 heavy (non-hydrogen) atoms. The van der Waals surface area contributed by atoms with Crippen LogP contribution in [0.15, 0.2) is 30.3 Å². The first-order valence-electron chi connectivity index (χ1n) is 7.86.